The molecule has 2 aromatic heterocycles. The first kappa shape index (κ1) is 19.4. The van der Waals surface area contributed by atoms with Gasteiger partial charge in [-0.25, -0.2) is 14.8 Å². The second-order valence-electron chi connectivity index (χ2n) is 6.46. The van der Waals surface area contributed by atoms with E-state index in [4.69, 9.17) is 9.47 Å². The zero-order valence-corrected chi connectivity index (χ0v) is 16.6. The fourth-order valence-electron chi connectivity index (χ4n) is 3.16. The van der Waals surface area contributed by atoms with E-state index in [1.165, 1.54) is 6.33 Å². The lowest BCUT2D eigenvalue weighted by Crippen LogP contribution is -2.10. The third-order valence-electron chi connectivity index (χ3n) is 4.56. The minimum atomic E-state index is -0.349. The van der Waals surface area contributed by atoms with Gasteiger partial charge in [0, 0.05) is 0 Å². The summed E-state index contributed by atoms with van der Waals surface area (Å²) in [6.07, 6.45) is 1.43. The zero-order valence-electron chi connectivity index (χ0n) is 16.6. The molecule has 0 aliphatic rings. The van der Waals surface area contributed by atoms with E-state index in [1.807, 2.05) is 37.3 Å². The molecule has 2 heterocycles. The van der Waals surface area contributed by atoms with Crippen LogP contribution in [-0.4, -0.2) is 39.1 Å². The number of nitrogens with one attached hydrogen (secondary N) is 2. The van der Waals surface area contributed by atoms with Crippen LogP contribution in [0.25, 0.3) is 33.7 Å². The Kier molecular flexibility index (Phi) is 5.30. The molecule has 0 amide bonds. The molecule has 0 radical (unpaired) electrons. The molecule has 0 fully saturated rings. The van der Waals surface area contributed by atoms with E-state index >= 15 is 0 Å². The lowest BCUT2D eigenvalue weighted by Gasteiger charge is -2.12. The Morgan fingerprint density at radius 1 is 1.03 bits per heavy atom. The number of rotatable bonds is 6. The largest absolute Gasteiger partial charge is 0.493 e. The van der Waals surface area contributed by atoms with E-state index < -0.39 is 0 Å². The molecule has 0 saturated heterocycles. The van der Waals surface area contributed by atoms with Gasteiger partial charge in [0.2, 0.25) is 0 Å². The van der Waals surface area contributed by atoms with E-state index in [1.54, 1.807) is 19.1 Å². The van der Waals surface area contributed by atoms with Crippen molar-refractivity contribution in [2.24, 2.45) is 0 Å². The molecule has 152 valence electrons. The molecule has 2 aromatic carbocycles. The average molecular weight is 404 g/mol. The summed E-state index contributed by atoms with van der Waals surface area (Å²) in [7, 11) is 0. The van der Waals surface area contributed by atoms with Gasteiger partial charge in [-0.3, -0.25) is 4.79 Å². The van der Waals surface area contributed by atoms with Crippen LogP contribution in [0, 0.1) is 0 Å². The summed E-state index contributed by atoms with van der Waals surface area (Å²) in [5, 5.41) is 0. The van der Waals surface area contributed by atoms with Crippen LogP contribution in [0.5, 0.6) is 5.75 Å². The predicted octanol–water partition coefficient (Wildman–Crippen LogP) is 3.56. The maximum Gasteiger partial charge on any atom is 0.338 e. The van der Waals surface area contributed by atoms with Crippen molar-refractivity contribution in [1.82, 2.24) is 19.9 Å². The van der Waals surface area contributed by atoms with Crippen LogP contribution in [0.3, 0.4) is 0 Å². The lowest BCUT2D eigenvalue weighted by atomic mass is 10.0. The molecule has 30 heavy (non-hydrogen) atoms. The number of aromatic amines is 2. The van der Waals surface area contributed by atoms with Gasteiger partial charge in [-0.05, 0) is 49.2 Å². The normalized spacial score (nSPS) is 10.9. The van der Waals surface area contributed by atoms with Gasteiger partial charge in [0.1, 0.15) is 11.6 Å². The summed E-state index contributed by atoms with van der Waals surface area (Å²) < 4.78 is 10.8. The monoisotopic (exact) mass is 404 g/mol. The average Bonchev–Trinajstić information content (AvgIpc) is 3.24. The van der Waals surface area contributed by atoms with E-state index in [0.717, 1.165) is 11.1 Å². The molecule has 4 aromatic rings. The maximum atomic E-state index is 12.3. The van der Waals surface area contributed by atoms with Crippen LogP contribution in [0.15, 0.2) is 53.6 Å². The quantitative estimate of drug-likeness (QED) is 0.476. The molecule has 0 saturated carbocycles. The van der Waals surface area contributed by atoms with Crippen molar-refractivity contribution < 1.29 is 14.3 Å². The van der Waals surface area contributed by atoms with Crippen LogP contribution >= 0.6 is 0 Å². The Labute approximate surface area is 171 Å². The number of hydrogen-bond donors (Lipinski definition) is 2. The molecule has 0 spiro atoms. The predicted molar refractivity (Wildman–Crippen MR) is 113 cm³/mol. The van der Waals surface area contributed by atoms with Gasteiger partial charge < -0.3 is 19.4 Å². The topological polar surface area (TPSA) is 110 Å². The molecule has 8 nitrogen and oxygen atoms in total. The number of hydrogen-bond acceptors (Lipinski definition) is 6. The molecule has 4 rings (SSSR count). The smallest absolute Gasteiger partial charge is 0.338 e. The van der Waals surface area contributed by atoms with Gasteiger partial charge in [0.15, 0.2) is 11.2 Å². The summed E-state index contributed by atoms with van der Waals surface area (Å²) in [4.78, 5) is 38.2. The molecule has 0 atom stereocenters. The highest BCUT2D eigenvalue weighted by Gasteiger charge is 2.14. The summed E-state index contributed by atoms with van der Waals surface area (Å²) in [6.45, 7) is 4.44. The number of imidazole rings is 1. The van der Waals surface area contributed by atoms with Gasteiger partial charge in [-0.1, -0.05) is 18.2 Å². The van der Waals surface area contributed by atoms with Crippen molar-refractivity contribution in [2.45, 2.75) is 13.8 Å². The van der Waals surface area contributed by atoms with Gasteiger partial charge >= 0.3 is 5.97 Å². The molecule has 0 unspecified atom stereocenters. The Balaban J connectivity index is 1.73. The number of H-pyrrole nitrogens is 2. The van der Waals surface area contributed by atoms with Crippen LogP contribution in [0.2, 0.25) is 0 Å². The second-order valence-corrected chi connectivity index (χ2v) is 6.46. The highest BCUT2D eigenvalue weighted by molar-refractivity contribution is 5.90. The SMILES string of the molecule is CCOC(=O)c1ccc(-c2ccc(-c3nc4nc[nH]c4c(=O)[nH]3)c(OCC)c2)cc1. The summed E-state index contributed by atoms with van der Waals surface area (Å²) >= 11 is 0. The van der Waals surface area contributed by atoms with Crippen LogP contribution in [0.1, 0.15) is 24.2 Å². The number of esters is 1. The molecule has 0 aliphatic heterocycles. The minimum absolute atomic E-state index is 0.298. The van der Waals surface area contributed by atoms with Gasteiger partial charge in [0.25, 0.3) is 5.56 Å². The van der Waals surface area contributed by atoms with Crippen molar-refractivity contribution in [1.29, 1.82) is 0 Å². The van der Waals surface area contributed by atoms with Crippen molar-refractivity contribution in [3.05, 3.63) is 64.7 Å². The zero-order chi connectivity index (χ0) is 21.1. The van der Waals surface area contributed by atoms with Crippen LogP contribution in [-0.2, 0) is 4.74 Å². The van der Waals surface area contributed by atoms with E-state index in [2.05, 4.69) is 19.9 Å². The van der Waals surface area contributed by atoms with Crippen LogP contribution in [0.4, 0.5) is 0 Å². The van der Waals surface area contributed by atoms with Gasteiger partial charge in [0.05, 0.1) is 30.7 Å². The van der Waals surface area contributed by atoms with Gasteiger partial charge in [-0.15, -0.1) is 0 Å². The number of fused-ring (bicyclic) bond motifs is 1. The Morgan fingerprint density at radius 2 is 1.80 bits per heavy atom. The molecule has 0 bridgehead atoms. The third-order valence-corrected chi connectivity index (χ3v) is 4.56. The highest BCUT2D eigenvalue weighted by Crippen LogP contribution is 2.33. The Morgan fingerprint density at radius 3 is 2.53 bits per heavy atom. The van der Waals surface area contributed by atoms with Crippen molar-refractivity contribution in [2.75, 3.05) is 13.2 Å². The highest BCUT2D eigenvalue weighted by atomic mass is 16.5. The number of carbonyl (C=O) groups is 1. The summed E-state index contributed by atoms with van der Waals surface area (Å²) in [5.41, 5.74) is 3.35. The molecule has 2 N–H and O–H groups in total. The summed E-state index contributed by atoms with van der Waals surface area (Å²) in [6, 6.07) is 12.8. The number of ether oxygens (including phenoxy) is 2. The number of benzene rings is 2. The van der Waals surface area contributed by atoms with E-state index in [9.17, 15) is 9.59 Å². The Hall–Kier alpha value is -3.94. The van der Waals surface area contributed by atoms with Crippen molar-refractivity contribution in [3.8, 4) is 28.3 Å². The van der Waals surface area contributed by atoms with Crippen molar-refractivity contribution in [3.63, 3.8) is 0 Å². The number of nitrogens with zero attached hydrogens (tertiary/aromatic N) is 2. The molecule has 8 heteroatoms. The first-order valence-corrected chi connectivity index (χ1v) is 9.59. The van der Waals surface area contributed by atoms with Crippen LogP contribution < -0.4 is 10.3 Å². The lowest BCUT2D eigenvalue weighted by molar-refractivity contribution is 0.0526. The molecule has 0 aliphatic carbocycles. The van der Waals surface area contributed by atoms with Gasteiger partial charge in [-0.2, -0.15) is 0 Å². The maximum absolute atomic E-state index is 12.3. The fraction of sp³-hybridized carbons (Fsp3) is 0.182. The van der Waals surface area contributed by atoms with E-state index in [-0.39, 0.29) is 11.5 Å². The fourth-order valence-corrected chi connectivity index (χ4v) is 3.16. The minimum Gasteiger partial charge on any atom is -0.493 e. The third kappa shape index (κ3) is 3.67. The molecular formula is C22H20N4O4. The number of aromatic nitrogens is 4. The van der Waals surface area contributed by atoms with Crippen molar-refractivity contribution >= 4 is 17.1 Å². The molecular weight excluding hydrogens is 384 g/mol. The van der Waals surface area contributed by atoms with E-state index in [0.29, 0.717) is 47.1 Å². The number of carbonyl (C=O) groups excluding carboxylic acids is 1. The Bertz CT molecular complexity index is 1260. The first-order chi connectivity index (χ1) is 14.6. The first-order valence-electron chi connectivity index (χ1n) is 9.59. The second kappa shape index (κ2) is 8.20. The summed E-state index contributed by atoms with van der Waals surface area (Å²) in [5.74, 6) is 0.618. The standard InChI is InChI=1S/C22H20N4O4/c1-3-29-17-11-15(13-5-7-14(8-6-13)22(28)30-4-2)9-10-16(17)19-25-20-18(21(27)26-19)23-12-24-20/h5-12H,3-4H2,1-2H3,(H2,23,24,25,26,27).